The van der Waals surface area contributed by atoms with E-state index in [0.29, 0.717) is 26.1 Å². The maximum absolute atomic E-state index is 11.3. The van der Waals surface area contributed by atoms with E-state index in [1.807, 2.05) is 0 Å². The van der Waals surface area contributed by atoms with Crippen LogP contribution >= 0.6 is 0 Å². The van der Waals surface area contributed by atoms with Gasteiger partial charge >= 0.3 is 5.97 Å². The minimum atomic E-state index is -0.190. The minimum Gasteiger partial charge on any atom is -0.469 e. The number of hydrogen-bond acceptors (Lipinski definition) is 4. The predicted octanol–water partition coefficient (Wildman–Crippen LogP) is -0.120. The molecule has 1 rings (SSSR count). The molecule has 1 saturated heterocycles. The van der Waals surface area contributed by atoms with Gasteiger partial charge in [0, 0.05) is 32.7 Å². The third kappa shape index (κ3) is 3.66. The van der Waals surface area contributed by atoms with E-state index in [1.54, 1.807) is 4.90 Å². The normalized spacial score (nSPS) is 16.9. The Kier molecular flexibility index (Phi) is 4.98. The molecule has 1 fully saturated rings. The van der Waals surface area contributed by atoms with Crippen LogP contribution < -0.4 is 0 Å². The zero-order valence-corrected chi connectivity index (χ0v) is 9.65. The van der Waals surface area contributed by atoms with Crippen molar-refractivity contribution in [2.75, 3.05) is 39.8 Å². The first kappa shape index (κ1) is 12.7. The molecule has 0 aromatic carbocycles. The number of carbonyl (C=O) groups is 2. The first-order valence-corrected chi connectivity index (χ1v) is 5.38. The van der Waals surface area contributed by atoms with Crippen LogP contribution in [0.3, 0.4) is 0 Å². The summed E-state index contributed by atoms with van der Waals surface area (Å²) in [6.07, 6.45) is 1.75. The molecule has 0 unspecified atom stereocenters. The fourth-order valence-corrected chi connectivity index (χ4v) is 1.67. The second-order valence-corrected chi connectivity index (χ2v) is 3.70. The molecule has 16 heavy (non-hydrogen) atoms. The van der Waals surface area contributed by atoms with Gasteiger partial charge in [-0.25, -0.2) is 0 Å². The Labute approximate surface area is 95.6 Å². The molecule has 90 valence electrons. The Bertz CT molecular complexity index is 270. The standard InChI is InChI=1S/C11H18N2O3/c1-3-10(14)13-8-6-12(7-9-13)5-4-11(15)16-2/h3H,1,4-9H2,2H3. The van der Waals surface area contributed by atoms with Crippen molar-refractivity contribution < 1.29 is 14.3 Å². The monoisotopic (exact) mass is 226 g/mol. The molecule has 0 bridgehead atoms. The van der Waals surface area contributed by atoms with Crippen LogP contribution in [0.15, 0.2) is 12.7 Å². The zero-order chi connectivity index (χ0) is 12.0. The van der Waals surface area contributed by atoms with Gasteiger partial charge in [0.15, 0.2) is 0 Å². The van der Waals surface area contributed by atoms with Crippen LogP contribution in [0, 0.1) is 0 Å². The van der Waals surface area contributed by atoms with E-state index in [1.165, 1.54) is 13.2 Å². The SMILES string of the molecule is C=CC(=O)N1CCN(CCC(=O)OC)CC1. The highest BCUT2D eigenvalue weighted by atomic mass is 16.5. The van der Waals surface area contributed by atoms with Gasteiger partial charge in [-0.05, 0) is 6.08 Å². The Morgan fingerprint density at radius 3 is 2.44 bits per heavy atom. The molecular formula is C11H18N2O3. The number of ether oxygens (including phenoxy) is 1. The molecule has 0 spiro atoms. The van der Waals surface area contributed by atoms with Crippen molar-refractivity contribution in [2.24, 2.45) is 0 Å². The molecule has 0 aromatic rings. The van der Waals surface area contributed by atoms with E-state index in [2.05, 4.69) is 16.2 Å². The van der Waals surface area contributed by atoms with Gasteiger partial charge in [0.05, 0.1) is 13.5 Å². The molecule has 1 heterocycles. The summed E-state index contributed by atoms with van der Waals surface area (Å²) in [7, 11) is 1.39. The molecule has 0 N–H and O–H groups in total. The number of piperazine rings is 1. The highest BCUT2D eigenvalue weighted by Gasteiger charge is 2.19. The van der Waals surface area contributed by atoms with Gasteiger partial charge in [0.25, 0.3) is 0 Å². The Morgan fingerprint density at radius 2 is 1.94 bits per heavy atom. The molecule has 0 saturated carbocycles. The quantitative estimate of drug-likeness (QED) is 0.495. The van der Waals surface area contributed by atoms with Crippen molar-refractivity contribution >= 4 is 11.9 Å². The van der Waals surface area contributed by atoms with Gasteiger partial charge in [0.2, 0.25) is 5.91 Å². The van der Waals surface area contributed by atoms with Gasteiger partial charge in [0.1, 0.15) is 0 Å². The number of nitrogens with zero attached hydrogens (tertiary/aromatic N) is 2. The summed E-state index contributed by atoms with van der Waals surface area (Å²) in [4.78, 5) is 26.2. The molecule has 0 radical (unpaired) electrons. The third-order valence-electron chi connectivity index (χ3n) is 2.72. The highest BCUT2D eigenvalue weighted by molar-refractivity contribution is 5.87. The lowest BCUT2D eigenvalue weighted by atomic mass is 10.3. The zero-order valence-electron chi connectivity index (χ0n) is 9.65. The van der Waals surface area contributed by atoms with E-state index in [4.69, 9.17) is 0 Å². The van der Waals surface area contributed by atoms with E-state index in [9.17, 15) is 9.59 Å². The van der Waals surface area contributed by atoms with Crippen molar-refractivity contribution in [3.05, 3.63) is 12.7 Å². The first-order chi connectivity index (χ1) is 7.67. The fourth-order valence-electron chi connectivity index (χ4n) is 1.67. The van der Waals surface area contributed by atoms with Crippen molar-refractivity contribution in [1.29, 1.82) is 0 Å². The molecule has 5 heteroatoms. The lowest BCUT2D eigenvalue weighted by Crippen LogP contribution is -2.48. The molecule has 0 atom stereocenters. The number of hydrogen-bond donors (Lipinski definition) is 0. The molecule has 5 nitrogen and oxygen atoms in total. The van der Waals surface area contributed by atoms with Crippen molar-refractivity contribution in [1.82, 2.24) is 9.80 Å². The molecule has 1 aliphatic rings. The smallest absolute Gasteiger partial charge is 0.306 e. The number of carbonyl (C=O) groups excluding carboxylic acids is 2. The van der Waals surface area contributed by atoms with Crippen molar-refractivity contribution in [3.63, 3.8) is 0 Å². The second kappa shape index (κ2) is 6.27. The summed E-state index contributed by atoms with van der Waals surface area (Å²) in [5.74, 6) is -0.211. The van der Waals surface area contributed by atoms with Gasteiger partial charge in [-0.3, -0.25) is 14.5 Å². The summed E-state index contributed by atoms with van der Waals surface area (Å²) in [6, 6.07) is 0. The summed E-state index contributed by atoms with van der Waals surface area (Å²) in [5.41, 5.74) is 0. The van der Waals surface area contributed by atoms with Crippen LogP contribution in [0.4, 0.5) is 0 Å². The molecule has 0 aromatic heterocycles. The minimum absolute atomic E-state index is 0.0207. The lowest BCUT2D eigenvalue weighted by Gasteiger charge is -2.33. The lowest BCUT2D eigenvalue weighted by molar-refractivity contribution is -0.141. The van der Waals surface area contributed by atoms with Crippen LogP contribution in [0.25, 0.3) is 0 Å². The van der Waals surface area contributed by atoms with Gasteiger partial charge in [-0.15, -0.1) is 0 Å². The van der Waals surface area contributed by atoms with Gasteiger partial charge in [-0.1, -0.05) is 6.58 Å². The van der Waals surface area contributed by atoms with Gasteiger partial charge in [-0.2, -0.15) is 0 Å². The summed E-state index contributed by atoms with van der Waals surface area (Å²) in [6.45, 7) is 7.16. The highest BCUT2D eigenvalue weighted by Crippen LogP contribution is 2.03. The van der Waals surface area contributed by atoms with E-state index in [-0.39, 0.29) is 11.9 Å². The van der Waals surface area contributed by atoms with E-state index in [0.717, 1.165) is 13.1 Å². The van der Waals surface area contributed by atoms with Crippen molar-refractivity contribution in [2.45, 2.75) is 6.42 Å². The summed E-state index contributed by atoms with van der Waals surface area (Å²) in [5, 5.41) is 0. The van der Waals surface area contributed by atoms with Crippen LogP contribution in [0.2, 0.25) is 0 Å². The Morgan fingerprint density at radius 1 is 1.31 bits per heavy atom. The van der Waals surface area contributed by atoms with Gasteiger partial charge < -0.3 is 9.64 Å². The van der Waals surface area contributed by atoms with Crippen LogP contribution in [0.1, 0.15) is 6.42 Å². The Hall–Kier alpha value is -1.36. The fraction of sp³-hybridized carbons (Fsp3) is 0.636. The molecule has 0 aliphatic carbocycles. The topological polar surface area (TPSA) is 49.9 Å². The van der Waals surface area contributed by atoms with Crippen LogP contribution in [-0.2, 0) is 14.3 Å². The molecule has 1 aliphatic heterocycles. The number of amides is 1. The maximum atomic E-state index is 11.3. The number of rotatable bonds is 4. The third-order valence-corrected chi connectivity index (χ3v) is 2.72. The van der Waals surface area contributed by atoms with Crippen LogP contribution in [-0.4, -0.2) is 61.5 Å². The Balaban J connectivity index is 2.24. The number of methoxy groups -OCH3 is 1. The predicted molar refractivity (Wildman–Crippen MR) is 59.9 cm³/mol. The summed E-state index contributed by atoms with van der Waals surface area (Å²) >= 11 is 0. The average Bonchev–Trinajstić information content (AvgIpc) is 2.35. The maximum Gasteiger partial charge on any atom is 0.306 e. The summed E-state index contributed by atoms with van der Waals surface area (Å²) < 4.78 is 4.57. The van der Waals surface area contributed by atoms with E-state index >= 15 is 0 Å². The van der Waals surface area contributed by atoms with Crippen LogP contribution in [0.5, 0.6) is 0 Å². The molecule has 1 amide bonds. The second-order valence-electron chi connectivity index (χ2n) is 3.70. The molecular weight excluding hydrogens is 208 g/mol. The average molecular weight is 226 g/mol. The number of esters is 1. The van der Waals surface area contributed by atoms with E-state index < -0.39 is 0 Å². The first-order valence-electron chi connectivity index (χ1n) is 5.38. The largest absolute Gasteiger partial charge is 0.469 e. The van der Waals surface area contributed by atoms with Crippen molar-refractivity contribution in [3.8, 4) is 0 Å².